The van der Waals surface area contributed by atoms with Crippen LogP contribution in [0, 0.1) is 0 Å². The average molecular weight is 184 g/mol. The van der Waals surface area contributed by atoms with Crippen LogP contribution in [0.1, 0.15) is 19.8 Å². The van der Waals surface area contributed by atoms with E-state index in [4.69, 9.17) is 0 Å². The lowest BCUT2D eigenvalue weighted by Crippen LogP contribution is -2.23. The Morgan fingerprint density at radius 3 is 2.77 bits per heavy atom. The van der Waals surface area contributed by atoms with Crippen molar-refractivity contribution >= 4 is 5.95 Å². The first-order chi connectivity index (χ1) is 6.20. The van der Waals surface area contributed by atoms with Gasteiger partial charge in [-0.05, 0) is 6.42 Å². The zero-order valence-corrected chi connectivity index (χ0v) is 8.37. The van der Waals surface area contributed by atoms with Gasteiger partial charge >= 0.3 is 5.69 Å². The van der Waals surface area contributed by atoms with Crippen molar-refractivity contribution in [1.82, 2.24) is 14.3 Å². The quantitative estimate of drug-likeness (QED) is 0.738. The third-order valence-corrected chi connectivity index (χ3v) is 1.97. The van der Waals surface area contributed by atoms with E-state index in [1.807, 2.05) is 0 Å². The summed E-state index contributed by atoms with van der Waals surface area (Å²) in [5, 5.41) is 6.93. The van der Waals surface area contributed by atoms with E-state index >= 15 is 0 Å². The van der Waals surface area contributed by atoms with E-state index in [9.17, 15) is 4.79 Å². The fourth-order valence-corrected chi connectivity index (χ4v) is 1.21. The van der Waals surface area contributed by atoms with Crippen LogP contribution in [0.25, 0.3) is 0 Å². The standard InChI is InChI=1S/C8H16N4O/c1-4-5-6-12-7(9-2)10-11(3)8(12)13/h4-6H2,1-3H3,(H,9,10). The summed E-state index contributed by atoms with van der Waals surface area (Å²) in [6.45, 7) is 2.83. The van der Waals surface area contributed by atoms with Crippen molar-refractivity contribution in [2.24, 2.45) is 7.05 Å². The SMILES string of the molecule is CCCCn1c(NC)nn(C)c1=O. The molecule has 5 nitrogen and oxygen atoms in total. The smallest absolute Gasteiger partial charge is 0.347 e. The molecule has 0 bridgehead atoms. The lowest BCUT2D eigenvalue weighted by molar-refractivity contribution is 0.603. The van der Waals surface area contributed by atoms with Crippen LogP contribution in [0.5, 0.6) is 0 Å². The molecule has 0 amide bonds. The first-order valence-electron chi connectivity index (χ1n) is 4.52. The van der Waals surface area contributed by atoms with Crippen LogP contribution in [0.2, 0.25) is 0 Å². The molecular formula is C8H16N4O. The monoisotopic (exact) mass is 184 g/mol. The molecule has 1 N–H and O–H groups in total. The molecule has 0 fully saturated rings. The van der Waals surface area contributed by atoms with Gasteiger partial charge in [-0.1, -0.05) is 13.3 Å². The van der Waals surface area contributed by atoms with Gasteiger partial charge in [0.25, 0.3) is 0 Å². The van der Waals surface area contributed by atoms with Gasteiger partial charge in [0.15, 0.2) is 0 Å². The van der Waals surface area contributed by atoms with Gasteiger partial charge in [0.1, 0.15) is 0 Å². The second-order valence-electron chi connectivity index (χ2n) is 2.98. The first kappa shape index (κ1) is 9.83. The van der Waals surface area contributed by atoms with E-state index < -0.39 is 0 Å². The summed E-state index contributed by atoms with van der Waals surface area (Å²) in [4.78, 5) is 11.5. The fraction of sp³-hybridized carbons (Fsp3) is 0.750. The predicted molar refractivity (Wildman–Crippen MR) is 51.9 cm³/mol. The highest BCUT2D eigenvalue weighted by Gasteiger charge is 2.07. The van der Waals surface area contributed by atoms with Gasteiger partial charge in [-0.3, -0.25) is 4.57 Å². The normalized spacial score (nSPS) is 10.4. The highest BCUT2D eigenvalue weighted by Crippen LogP contribution is 2.00. The number of aryl methyl sites for hydroxylation is 1. The fourth-order valence-electron chi connectivity index (χ4n) is 1.21. The van der Waals surface area contributed by atoms with Crippen LogP contribution in [-0.4, -0.2) is 21.4 Å². The maximum atomic E-state index is 11.5. The number of nitrogens with zero attached hydrogens (tertiary/aromatic N) is 3. The van der Waals surface area contributed by atoms with E-state index in [1.165, 1.54) is 4.68 Å². The molecule has 13 heavy (non-hydrogen) atoms. The Labute approximate surface area is 77.4 Å². The minimum absolute atomic E-state index is 0.0576. The van der Waals surface area contributed by atoms with E-state index in [0.29, 0.717) is 5.95 Å². The number of nitrogens with one attached hydrogen (secondary N) is 1. The summed E-state index contributed by atoms with van der Waals surface area (Å²) in [7, 11) is 3.43. The van der Waals surface area contributed by atoms with Crippen molar-refractivity contribution in [3.8, 4) is 0 Å². The van der Waals surface area contributed by atoms with Crippen molar-refractivity contribution in [3.05, 3.63) is 10.5 Å². The number of anilines is 1. The Kier molecular flexibility index (Phi) is 3.11. The Morgan fingerprint density at radius 2 is 2.23 bits per heavy atom. The van der Waals surface area contributed by atoms with Gasteiger partial charge in [-0.2, -0.15) is 0 Å². The molecule has 0 aliphatic carbocycles. The molecule has 5 heteroatoms. The Bertz CT molecular complexity index is 325. The third-order valence-electron chi connectivity index (χ3n) is 1.97. The molecule has 1 heterocycles. The van der Waals surface area contributed by atoms with Crippen molar-refractivity contribution in [2.75, 3.05) is 12.4 Å². The topological polar surface area (TPSA) is 51.9 Å². The van der Waals surface area contributed by atoms with Crippen LogP contribution in [0.15, 0.2) is 4.79 Å². The minimum Gasteiger partial charge on any atom is -0.357 e. The summed E-state index contributed by atoms with van der Waals surface area (Å²) in [5.41, 5.74) is -0.0576. The number of hydrogen-bond acceptors (Lipinski definition) is 3. The molecule has 1 rings (SSSR count). The lowest BCUT2D eigenvalue weighted by atomic mass is 10.3. The van der Waals surface area contributed by atoms with Gasteiger partial charge in [0.05, 0.1) is 0 Å². The molecule has 0 saturated carbocycles. The molecule has 1 aromatic heterocycles. The summed E-state index contributed by atoms with van der Waals surface area (Å²) in [6.07, 6.45) is 2.07. The van der Waals surface area contributed by atoms with Gasteiger partial charge in [0, 0.05) is 20.6 Å². The van der Waals surface area contributed by atoms with Crippen LogP contribution in [0.4, 0.5) is 5.95 Å². The highest BCUT2D eigenvalue weighted by molar-refractivity contribution is 5.21. The van der Waals surface area contributed by atoms with Crippen LogP contribution in [-0.2, 0) is 13.6 Å². The second-order valence-corrected chi connectivity index (χ2v) is 2.98. The molecule has 0 aliphatic rings. The zero-order chi connectivity index (χ0) is 9.84. The lowest BCUT2D eigenvalue weighted by Gasteiger charge is -2.02. The van der Waals surface area contributed by atoms with E-state index in [2.05, 4.69) is 17.3 Å². The molecule has 1 aromatic rings. The summed E-state index contributed by atoms with van der Waals surface area (Å²) in [6, 6.07) is 0. The van der Waals surface area contributed by atoms with Crippen molar-refractivity contribution < 1.29 is 0 Å². The summed E-state index contributed by atoms with van der Waals surface area (Å²) < 4.78 is 3.00. The van der Waals surface area contributed by atoms with Gasteiger partial charge in [-0.15, -0.1) is 5.10 Å². The van der Waals surface area contributed by atoms with Crippen molar-refractivity contribution in [2.45, 2.75) is 26.3 Å². The van der Waals surface area contributed by atoms with Crippen LogP contribution < -0.4 is 11.0 Å². The number of unbranched alkanes of at least 4 members (excludes halogenated alkanes) is 1. The molecular weight excluding hydrogens is 168 g/mol. The summed E-state index contributed by atoms with van der Waals surface area (Å²) in [5.74, 6) is 0.640. The van der Waals surface area contributed by atoms with Gasteiger partial charge in [-0.25, -0.2) is 9.48 Å². The van der Waals surface area contributed by atoms with E-state index in [-0.39, 0.29) is 5.69 Å². The predicted octanol–water partition coefficient (Wildman–Crippen LogP) is 0.424. The van der Waals surface area contributed by atoms with E-state index in [1.54, 1.807) is 18.7 Å². The molecule has 74 valence electrons. The van der Waals surface area contributed by atoms with Gasteiger partial charge in [0.2, 0.25) is 5.95 Å². The molecule has 0 radical (unpaired) electrons. The second kappa shape index (κ2) is 4.11. The van der Waals surface area contributed by atoms with Crippen molar-refractivity contribution in [3.63, 3.8) is 0 Å². The molecule has 0 unspecified atom stereocenters. The molecule has 0 spiro atoms. The Hall–Kier alpha value is -1.26. The molecule has 0 atom stereocenters. The highest BCUT2D eigenvalue weighted by atomic mass is 16.2. The van der Waals surface area contributed by atoms with Crippen LogP contribution in [0.3, 0.4) is 0 Å². The summed E-state index contributed by atoms with van der Waals surface area (Å²) >= 11 is 0. The minimum atomic E-state index is -0.0576. The number of aromatic nitrogens is 3. The number of rotatable bonds is 4. The maximum Gasteiger partial charge on any atom is 0.347 e. The van der Waals surface area contributed by atoms with Gasteiger partial charge < -0.3 is 5.32 Å². The Balaban J connectivity index is 2.95. The average Bonchev–Trinajstić information content (AvgIpc) is 2.40. The molecule has 0 saturated heterocycles. The maximum absolute atomic E-state index is 11.5. The van der Waals surface area contributed by atoms with E-state index in [0.717, 1.165) is 19.4 Å². The largest absolute Gasteiger partial charge is 0.357 e. The first-order valence-corrected chi connectivity index (χ1v) is 4.52. The molecule has 0 aromatic carbocycles. The third kappa shape index (κ3) is 1.91. The zero-order valence-electron chi connectivity index (χ0n) is 8.37. The van der Waals surface area contributed by atoms with Crippen LogP contribution >= 0.6 is 0 Å². The van der Waals surface area contributed by atoms with Crippen molar-refractivity contribution in [1.29, 1.82) is 0 Å². The number of hydrogen-bond donors (Lipinski definition) is 1. The molecule has 0 aliphatic heterocycles. The Morgan fingerprint density at radius 1 is 1.54 bits per heavy atom.